The second-order valence-electron chi connectivity index (χ2n) is 6.66. The number of H-pyrrole nitrogens is 1. The summed E-state index contributed by atoms with van der Waals surface area (Å²) in [5, 5.41) is 10.1. The Hall–Kier alpha value is -2.10. The highest BCUT2D eigenvalue weighted by Crippen LogP contribution is 2.42. The summed E-state index contributed by atoms with van der Waals surface area (Å²) in [6.45, 7) is 0. The highest BCUT2D eigenvalue weighted by atomic mass is 16.5. The van der Waals surface area contributed by atoms with Crippen molar-refractivity contribution in [1.82, 2.24) is 4.98 Å². The van der Waals surface area contributed by atoms with E-state index in [0.717, 1.165) is 36.5 Å². The van der Waals surface area contributed by atoms with Crippen molar-refractivity contribution < 1.29 is 14.6 Å². The zero-order valence-corrected chi connectivity index (χ0v) is 14.5. The maximum absolute atomic E-state index is 10.1. The van der Waals surface area contributed by atoms with Gasteiger partial charge in [0.2, 0.25) is 0 Å². The van der Waals surface area contributed by atoms with Gasteiger partial charge >= 0.3 is 0 Å². The Bertz CT molecular complexity index is 665. The molecule has 2 N–H and O–H groups in total. The molecule has 1 saturated carbocycles. The molecule has 2 aromatic rings. The molecule has 1 fully saturated rings. The lowest BCUT2D eigenvalue weighted by Gasteiger charge is -2.31. The van der Waals surface area contributed by atoms with Crippen LogP contribution in [0.1, 0.15) is 49.3 Å². The van der Waals surface area contributed by atoms with Crippen LogP contribution in [0.3, 0.4) is 0 Å². The van der Waals surface area contributed by atoms with Crippen LogP contribution in [0.25, 0.3) is 0 Å². The van der Waals surface area contributed by atoms with Crippen molar-refractivity contribution in [2.75, 3.05) is 14.2 Å². The van der Waals surface area contributed by atoms with E-state index in [1.165, 1.54) is 24.8 Å². The van der Waals surface area contributed by atoms with Crippen molar-refractivity contribution >= 4 is 0 Å². The Morgan fingerprint density at radius 3 is 2.58 bits per heavy atom. The molecule has 3 rings (SSSR count). The van der Waals surface area contributed by atoms with Gasteiger partial charge in [-0.25, -0.2) is 0 Å². The first-order chi connectivity index (χ1) is 11.7. The average Bonchev–Trinajstić information content (AvgIpc) is 3.05. The van der Waals surface area contributed by atoms with Gasteiger partial charge in [0.15, 0.2) is 11.5 Å². The smallest absolute Gasteiger partial charge is 0.160 e. The number of methoxy groups -OCH3 is 2. The van der Waals surface area contributed by atoms with Crippen molar-refractivity contribution in [3.05, 3.63) is 41.7 Å². The molecular weight excluding hydrogens is 302 g/mol. The predicted molar refractivity (Wildman–Crippen MR) is 95.0 cm³/mol. The fraction of sp³-hybridized carbons (Fsp3) is 0.500. The minimum Gasteiger partial charge on any atom is -0.506 e. The first-order valence-electron chi connectivity index (χ1n) is 8.80. The maximum atomic E-state index is 10.1. The van der Waals surface area contributed by atoms with Gasteiger partial charge in [-0.15, -0.1) is 0 Å². The van der Waals surface area contributed by atoms with Crippen LogP contribution in [0.5, 0.6) is 17.2 Å². The van der Waals surface area contributed by atoms with Gasteiger partial charge < -0.3 is 19.6 Å². The average molecular weight is 329 g/mol. The molecule has 0 radical (unpaired) electrons. The number of aromatic hydroxyl groups is 1. The molecule has 2 atom stereocenters. The lowest BCUT2D eigenvalue weighted by Crippen LogP contribution is -2.19. The van der Waals surface area contributed by atoms with Gasteiger partial charge in [-0.2, -0.15) is 0 Å². The molecule has 0 spiro atoms. The summed E-state index contributed by atoms with van der Waals surface area (Å²) >= 11 is 0. The topological polar surface area (TPSA) is 54.5 Å². The number of aromatic nitrogens is 1. The van der Waals surface area contributed by atoms with Crippen molar-refractivity contribution in [2.24, 2.45) is 5.92 Å². The van der Waals surface area contributed by atoms with E-state index in [4.69, 9.17) is 9.47 Å². The fourth-order valence-corrected chi connectivity index (χ4v) is 3.99. The lowest BCUT2D eigenvalue weighted by atomic mass is 9.75. The molecule has 1 aliphatic rings. The summed E-state index contributed by atoms with van der Waals surface area (Å²) in [5.74, 6) is 3.02. The quantitative estimate of drug-likeness (QED) is 0.811. The number of aromatic amines is 1. The molecule has 0 unspecified atom stereocenters. The van der Waals surface area contributed by atoms with E-state index in [1.54, 1.807) is 20.3 Å². The molecule has 130 valence electrons. The fourth-order valence-electron chi connectivity index (χ4n) is 3.99. The van der Waals surface area contributed by atoms with Crippen molar-refractivity contribution in [3.63, 3.8) is 0 Å². The zero-order valence-electron chi connectivity index (χ0n) is 14.5. The van der Waals surface area contributed by atoms with E-state index in [-0.39, 0.29) is 0 Å². The molecule has 1 aromatic carbocycles. The first-order valence-corrected chi connectivity index (χ1v) is 8.80. The van der Waals surface area contributed by atoms with Crippen molar-refractivity contribution in [1.29, 1.82) is 0 Å². The number of ether oxygens (including phenoxy) is 2. The van der Waals surface area contributed by atoms with Crippen LogP contribution in [-0.2, 0) is 6.42 Å². The predicted octanol–water partition coefficient (Wildman–Crippen LogP) is 4.64. The van der Waals surface area contributed by atoms with E-state index >= 15 is 0 Å². The number of aryl methyl sites for hydroxylation is 1. The second-order valence-corrected chi connectivity index (χ2v) is 6.66. The molecule has 1 aliphatic carbocycles. The van der Waals surface area contributed by atoms with E-state index in [9.17, 15) is 5.11 Å². The third kappa shape index (κ3) is 3.53. The summed E-state index contributed by atoms with van der Waals surface area (Å²) in [7, 11) is 3.33. The van der Waals surface area contributed by atoms with Gasteiger partial charge in [-0.05, 0) is 55.4 Å². The maximum Gasteiger partial charge on any atom is 0.160 e. The minimum atomic E-state index is 0.415. The standard InChI is InChI=1S/C20H27NO3/c1-23-18-10-8-14(13-19(18)24-2)7-9-15-5-3-4-6-16(15)20-17(22)11-12-21-20/h8,10-13,15-16,21-22H,3-7,9H2,1-2H3/t15-,16-/m1/s1. The molecule has 24 heavy (non-hydrogen) atoms. The largest absolute Gasteiger partial charge is 0.506 e. The van der Waals surface area contributed by atoms with Gasteiger partial charge in [-0.1, -0.05) is 18.9 Å². The third-order valence-corrected chi connectivity index (χ3v) is 5.29. The molecule has 4 heteroatoms. The number of hydrogen-bond donors (Lipinski definition) is 2. The second kappa shape index (κ2) is 7.65. The lowest BCUT2D eigenvalue weighted by molar-refractivity contribution is 0.281. The molecule has 1 heterocycles. The molecule has 0 saturated heterocycles. The minimum absolute atomic E-state index is 0.415. The summed E-state index contributed by atoms with van der Waals surface area (Å²) in [5.41, 5.74) is 2.29. The van der Waals surface area contributed by atoms with Crippen LogP contribution < -0.4 is 9.47 Å². The Morgan fingerprint density at radius 1 is 1.08 bits per heavy atom. The molecule has 0 bridgehead atoms. The number of rotatable bonds is 6. The number of hydrogen-bond acceptors (Lipinski definition) is 3. The summed E-state index contributed by atoms with van der Waals surface area (Å²) in [6.07, 6.45) is 8.90. The normalized spacial score (nSPS) is 20.8. The Morgan fingerprint density at radius 2 is 1.88 bits per heavy atom. The van der Waals surface area contributed by atoms with Crippen LogP contribution in [0.15, 0.2) is 30.5 Å². The first kappa shape index (κ1) is 16.7. The van der Waals surface area contributed by atoms with E-state index < -0.39 is 0 Å². The Labute approximate surface area is 143 Å². The highest BCUT2D eigenvalue weighted by Gasteiger charge is 2.28. The summed E-state index contributed by atoms with van der Waals surface area (Å²) < 4.78 is 10.7. The van der Waals surface area contributed by atoms with Crippen LogP contribution in [0.4, 0.5) is 0 Å². The third-order valence-electron chi connectivity index (χ3n) is 5.29. The van der Waals surface area contributed by atoms with Crippen LogP contribution in [0.2, 0.25) is 0 Å². The van der Waals surface area contributed by atoms with Crippen LogP contribution >= 0.6 is 0 Å². The molecule has 1 aromatic heterocycles. The SMILES string of the molecule is COc1ccc(CC[C@H]2CCCC[C@H]2c2[nH]ccc2O)cc1OC. The number of nitrogens with one attached hydrogen (secondary N) is 1. The van der Waals surface area contributed by atoms with Gasteiger partial charge in [0.25, 0.3) is 0 Å². The highest BCUT2D eigenvalue weighted by molar-refractivity contribution is 5.43. The van der Waals surface area contributed by atoms with Crippen LogP contribution in [-0.4, -0.2) is 24.3 Å². The monoisotopic (exact) mass is 329 g/mol. The Kier molecular flexibility index (Phi) is 5.34. The molecule has 0 aliphatic heterocycles. The number of benzene rings is 1. The van der Waals surface area contributed by atoms with E-state index in [2.05, 4.69) is 17.1 Å². The summed E-state index contributed by atoms with van der Waals surface area (Å²) in [4.78, 5) is 3.25. The van der Waals surface area contributed by atoms with Crippen molar-refractivity contribution in [3.8, 4) is 17.2 Å². The van der Waals surface area contributed by atoms with E-state index in [1.807, 2.05) is 12.3 Å². The zero-order chi connectivity index (χ0) is 16.9. The van der Waals surface area contributed by atoms with Gasteiger partial charge in [0, 0.05) is 12.1 Å². The van der Waals surface area contributed by atoms with Gasteiger partial charge in [-0.3, -0.25) is 0 Å². The van der Waals surface area contributed by atoms with Crippen molar-refractivity contribution in [2.45, 2.75) is 44.4 Å². The van der Waals surface area contributed by atoms with Crippen LogP contribution in [0, 0.1) is 5.92 Å². The Balaban J connectivity index is 1.69. The molecular formula is C20H27NO3. The van der Waals surface area contributed by atoms with Gasteiger partial charge in [0.1, 0.15) is 5.75 Å². The molecule has 0 amide bonds. The summed E-state index contributed by atoms with van der Waals surface area (Å²) in [6, 6.07) is 7.92. The molecule has 4 nitrogen and oxygen atoms in total. The van der Waals surface area contributed by atoms with E-state index in [0.29, 0.717) is 17.6 Å². The van der Waals surface area contributed by atoms with Gasteiger partial charge in [0.05, 0.1) is 19.9 Å².